The summed E-state index contributed by atoms with van der Waals surface area (Å²) in [7, 11) is 0. The Kier molecular flexibility index (Phi) is 9.39. The Bertz CT molecular complexity index is 3940. The van der Waals surface area contributed by atoms with E-state index in [2.05, 4.69) is 174 Å². The molecule has 0 aliphatic rings. The fourth-order valence-electron chi connectivity index (χ4n) is 9.71. The summed E-state index contributed by atoms with van der Waals surface area (Å²) in [6, 6.07) is 80.0. The first-order chi connectivity index (χ1) is 33.7. The molecule has 0 N–H and O–H groups in total. The number of hydrogen-bond acceptors (Lipinski definition) is 5. The molecule has 68 heavy (non-hydrogen) atoms. The van der Waals surface area contributed by atoms with Gasteiger partial charge >= 0.3 is 0 Å². The molecule has 0 amide bonds. The average Bonchev–Trinajstić information content (AvgIpc) is 3.97. The summed E-state index contributed by atoms with van der Waals surface area (Å²) < 4.78 is 9.18. The summed E-state index contributed by atoms with van der Waals surface area (Å²) in [6.07, 6.45) is 1.97. The third-order valence-electron chi connectivity index (χ3n) is 12.9. The molecule has 9 aromatic carbocycles. The van der Waals surface area contributed by atoms with Gasteiger partial charge in [-0.25, -0.2) is 15.0 Å². The smallest absolute Gasteiger partial charge is 0.166 e. The maximum atomic E-state index is 6.82. The first-order valence-corrected chi connectivity index (χ1v) is 22.8. The largest absolute Gasteiger partial charge is 0.456 e. The van der Waals surface area contributed by atoms with Crippen LogP contribution in [0.5, 0.6) is 0 Å². The highest BCUT2D eigenvalue weighted by atomic mass is 16.3. The van der Waals surface area contributed by atoms with Crippen molar-refractivity contribution >= 4 is 43.7 Å². The van der Waals surface area contributed by atoms with Crippen molar-refractivity contribution in [3.8, 4) is 84.5 Å². The van der Waals surface area contributed by atoms with E-state index in [0.29, 0.717) is 17.5 Å². The number of nitrogens with zero attached hydrogens (tertiary/aromatic N) is 5. The Morgan fingerprint density at radius 2 is 0.882 bits per heavy atom. The van der Waals surface area contributed by atoms with Crippen molar-refractivity contribution in [1.82, 2.24) is 24.5 Å². The van der Waals surface area contributed by atoms with Crippen molar-refractivity contribution < 1.29 is 4.42 Å². The molecule has 0 saturated heterocycles. The van der Waals surface area contributed by atoms with Crippen LogP contribution in [0.15, 0.2) is 241 Å². The summed E-state index contributed by atoms with van der Waals surface area (Å²) in [5.41, 5.74) is 15.7. The van der Waals surface area contributed by atoms with E-state index in [-0.39, 0.29) is 0 Å². The third kappa shape index (κ3) is 6.74. The van der Waals surface area contributed by atoms with Gasteiger partial charge in [0.05, 0.1) is 22.1 Å². The number of pyridine rings is 1. The monoisotopic (exact) mass is 869 g/mol. The van der Waals surface area contributed by atoms with E-state index in [1.165, 1.54) is 10.8 Å². The maximum Gasteiger partial charge on any atom is 0.166 e. The molecule has 6 nitrogen and oxygen atoms in total. The van der Waals surface area contributed by atoms with Crippen LogP contribution in [0, 0.1) is 0 Å². The molecule has 0 radical (unpaired) electrons. The van der Waals surface area contributed by atoms with Crippen LogP contribution < -0.4 is 0 Å². The summed E-state index contributed by atoms with van der Waals surface area (Å²) in [5, 5.41) is 4.46. The van der Waals surface area contributed by atoms with Gasteiger partial charge in [0.25, 0.3) is 0 Å². The highest BCUT2D eigenvalue weighted by Crippen LogP contribution is 2.43. The van der Waals surface area contributed by atoms with Crippen molar-refractivity contribution in [2.45, 2.75) is 0 Å². The molecule has 0 bridgehead atoms. The van der Waals surface area contributed by atoms with E-state index in [1.54, 1.807) is 0 Å². The van der Waals surface area contributed by atoms with E-state index in [0.717, 1.165) is 100.0 Å². The van der Waals surface area contributed by atoms with Crippen molar-refractivity contribution in [2.24, 2.45) is 0 Å². The Hall–Kier alpha value is -9.26. The lowest BCUT2D eigenvalue weighted by Gasteiger charge is -2.15. The summed E-state index contributed by atoms with van der Waals surface area (Å²) >= 11 is 0. The fraction of sp³-hybridized carbons (Fsp3) is 0. The third-order valence-corrected chi connectivity index (χ3v) is 12.9. The summed E-state index contributed by atoms with van der Waals surface area (Å²) in [5.74, 6) is 1.68. The first kappa shape index (κ1) is 39.1. The fourth-order valence-corrected chi connectivity index (χ4v) is 9.71. The molecule has 13 aromatic rings. The van der Waals surface area contributed by atoms with E-state index >= 15 is 0 Å². The predicted molar refractivity (Wildman–Crippen MR) is 277 cm³/mol. The number of rotatable bonds is 8. The summed E-state index contributed by atoms with van der Waals surface area (Å²) in [6.45, 7) is 0. The molecule has 6 heteroatoms. The number of para-hydroxylation sites is 2. The molecule has 13 rings (SSSR count). The highest BCUT2D eigenvalue weighted by molar-refractivity contribution is 6.24. The second kappa shape index (κ2) is 16.3. The minimum Gasteiger partial charge on any atom is -0.456 e. The Morgan fingerprint density at radius 3 is 1.56 bits per heavy atom. The second-order valence-corrected chi connectivity index (χ2v) is 17.0. The lowest BCUT2D eigenvalue weighted by Crippen LogP contribution is -2.02. The van der Waals surface area contributed by atoms with Gasteiger partial charge in [0.2, 0.25) is 0 Å². The minimum atomic E-state index is 0.519. The normalized spacial score (nSPS) is 11.5. The van der Waals surface area contributed by atoms with Crippen molar-refractivity contribution in [2.75, 3.05) is 0 Å². The molecule has 0 fully saturated rings. The molecule has 0 aliphatic carbocycles. The van der Waals surface area contributed by atoms with E-state index in [9.17, 15) is 0 Å². The minimum absolute atomic E-state index is 0.519. The van der Waals surface area contributed by atoms with Gasteiger partial charge in [0.1, 0.15) is 11.2 Å². The van der Waals surface area contributed by atoms with Gasteiger partial charge in [-0.1, -0.05) is 176 Å². The standard InChI is InChI=1S/C62H39N5O/c1-6-18-40(19-7-1)48-32-30-44(36-52(48)41-20-8-2-9-21-41)46-37-53(62-65-60(42-22-10-3-11-23-42)64-61(66-62)43-24-12-4-13-25-43)58(63-39-46)45-31-33-51-56(38-45)68-55-35-34-50-49-28-16-17-29-54(49)67(59(50)57(51)55)47-26-14-5-15-27-47/h1-39H. The van der Waals surface area contributed by atoms with Crippen LogP contribution in [0.25, 0.3) is 128 Å². The van der Waals surface area contributed by atoms with Gasteiger partial charge in [0, 0.05) is 55.9 Å². The number of hydrogen-bond donors (Lipinski definition) is 0. The Labute approximate surface area is 392 Å². The van der Waals surface area contributed by atoms with Crippen molar-refractivity contribution in [3.05, 3.63) is 237 Å². The van der Waals surface area contributed by atoms with Gasteiger partial charge in [-0.2, -0.15) is 0 Å². The lowest BCUT2D eigenvalue weighted by atomic mass is 9.91. The lowest BCUT2D eigenvalue weighted by molar-refractivity contribution is 0.669. The zero-order valence-electron chi connectivity index (χ0n) is 36.7. The average molecular weight is 870 g/mol. The molecule has 4 heterocycles. The highest BCUT2D eigenvalue weighted by Gasteiger charge is 2.22. The Balaban J connectivity index is 1.04. The first-order valence-electron chi connectivity index (χ1n) is 22.8. The van der Waals surface area contributed by atoms with Crippen LogP contribution >= 0.6 is 0 Å². The molecule has 0 aliphatic heterocycles. The van der Waals surface area contributed by atoms with Crippen LogP contribution in [0.1, 0.15) is 0 Å². The molecule has 0 atom stereocenters. The number of fused-ring (bicyclic) bond motifs is 7. The molecular formula is C62H39N5O. The van der Waals surface area contributed by atoms with E-state index in [1.807, 2.05) is 66.9 Å². The Morgan fingerprint density at radius 1 is 0.338 bits per heavy atom. The van der Waals surface area contributed by atoms with Crippen LogP contribution in [-0.2, 0) is 0 Å². The molecular weight excluding hydrogens is 831 g/mol. The molecule has 0 unspecified atom stereocenters. The molecule has 0 saturated carbocycles. The zero-order valence-corrected chi connectivity index (χ0v) is 36.7. The van der Waals surface area contributed by atoms with Gasteiger partial charge in [0.15, 0.2) is 17.5 Å². The van der Waals surface area contributed by atoms with Crippen LogP contribution in [0.4, 0.5) is 0 Å². The molecule has 4 aromatic heterocycles. The summed E-state index contributed by atoms with van der Waals surface area (Å²) in [4.78, 5) is 20.9. The van der Waals surface area contributed by atoms with Gasteiger partial charge in [-0.05, 0) is 82.4 Å². The maximum absolute atomic E-state index is 6.82. The van der Waals surface area contributed by atoms with Crippen LogP contribution in [-0.4, -0.2) is 24.5 Å². The van der Waals surface area contributed by atoms with Crippen LogP contribution in [0.2, 0.25) is 0 Å². The molecule has 318 valence electrons. The van der Waals surface area contributed by atoms with E-state index < -0.39 is 0 Å². The van der Waals surface area contributed by atoms with Gasteiger partial charge in [-0.3, -0.25) is 4.98 Å². The number of aromatic nitrogens is 5. The second-order valence-electron chi connectivity index (χ2n) is 17.0. The van der Waals surface area contributed by atoms with Gasteiger partial charge in [-0.15, -0.1) is 0 Å². The quantitative estimate of drug-likeness (QED) is 0.152. The van der Waals surface area contributed by atoms with Gasteiger partial charge < -0.3 is 8.98 Å². The van der Waals surface area contributed by atoms with E-state index in [4.69, 9.17) is 24.4 Å². The molecule has 0 spiro atoms. The van der Waals surface area contributed by atoms with Crippen molar-refractivity contribution in [3.63, 3.8) is 0 Å². The SMILES string of the molecule is c1ccc(-c2nc(-c3ccccc3)nc(-c3cc(-c4ccc(-c5ccccc5)c(-c5ccccc5)c4)cnc3-c3ccc4c(c3)oc3ccc5c6ccccc6n(-c6ccccc6)c5c34)n2)cc1. The van der Waals surface area contributed by atoms with Crippen LogP contribution in [0.3, 0.4) is 0 Å². The number of benzene rings is 9. The topological polar surface area (TPSA) is 69.6 Å². The zero-order chi connectivity index (χ0) is 45.0. The number of furan rings is 1. The predicted octanol–water partition coefficient (Wildman–Crippen LogP) is 15.9. The van der Waals surface area contributed by atoms with Crippen molar-refractivity contribution in [1.29, 1.82) is 0 Å².